The normalized spacial score (nSPS) is 25.2. The van der Waals surface area contributed by atoms with E-state index in [2.05, 4.69) is 4.98 Å². The van der Waals surface area contributed by atoms with E-state index in [1.807, 2.05) is 71.7 Å². The van der Waals surface area contributed by atoms with Crippen LogP contribution in [0.3, 0.4) is 0 Å². The molecule has 2 aromatic heterocycles. The Kier molecular flexibility index (Phi) is 9.77. The summed E-state index contributed by atoms with van der Waals surface area (Å²) in [6.07, 6.45) is -3.43. The summed E-state index contributed by atoms with van der Waals surface area (Å²) in [4.78, 5) is 26.1. The molecule has 0 saturated carbocycles. The Morgan fingerprint density at radius 1 is 0.909 bits per heavy atom. The number of benzene rings is 3. The summed E-state index contributed by atoms with van der Waals surface area (Å²) in [6.45, 7) is -0.234. The van der Waals surface area contributed by atoms with Gasteiger partial charge in [0.1, 0.15) is 61.2 Å². The molecule has 55 heavy (non-hydrogen) atoms. The van der Waals surface area contributed by atoms with E-state index in [4.69, 9.17) is 38.3 Å². The predicted molar refractivity (Wildman–Crippen MR) is 193 cm³/mol. The number of fused-ring (bicyclic) bond motifs is 6. The first-order chi connectivity index (χ1) is 26.6. The average Bonchev–Trinajstić information content (AvgIpc) is 3.88. The molecule has 288 valence electrons. The molecule has 5 N–H and O–H groups in total. The van der Waals surface area contributed by atoms with Gasteiger partial charge in [0.15, 0.2) is 11.5 Å². The lowest BCUT2D eigenvalue weighted by Gasteiger charge is -2.40. The van der Waals surface area contributed by atoms with Gasteiger partial charge in [0, 0.05) is 54.1 Å². The van der Waals surface area contributed by atoms with Crippen molar-refractivity contribution in [2.45, 2.75) is 68.2 Å². The number of nitrogens with one attached hydrogen (secondary N) is 1. The van der Waals surface area contributed by atoms with Crippen LogP contribution in [0.2, 0.25) is 0 Å². The number of aliphatic carboxylic acids is 1. The van der Waals surface area contributed by atoms with Gasteiger partial charge >= 0.3 is 11.9 Å². The van der Waals surface area contributed by atoms with E-state index >= 15 is 0 Å². The molecule has 0 unspecified atom stereocenters. The molecule has 0 amide bonds. The number of aliphatic hydroxyl groups is 3. The molecule has 5 aromatic rings. The molecular weight excluding hydrogens is 716 g/mol. The number of nitrogens with zero attached hydrogens (tertiary/aromatic N) is 1. The molecule has 15 nitrogen and oxygen atoms in total. The van der Waals surface area contributed by atoms with Crippen LogP contribution in [0, 0.1) is 0 Å². The van der Waals surface area contributed by atoms with Gasteiger partial charge in [-0.15, -0.1) is 0 Å². The van der Waals surface area contributed by atoms with E-state index in [9.17, 15) is 24.9 Å². The van der Waals surface area contributed by atoms with E-state index in [0.29, 0.717) is 36.0 Å². The zero-order chi connectivity index (χ0) is 38.4. The number of H-pyrrole nitrogens is 1. The lowest BCUT2D eigenvalue weighted by Crippen LogP contribution is -2.60. The van der Waals surface area contributed by atoms with E-state index in [1.54, 1.807) is 26.4 Å². The molecule has 3 aliphatic rings. The SMILES string of the molecule is COc1ccc2c(c1OC)O[C@H]1c3c(Cn4cc5cc[nH]c5c4)cc(O[C@@H]4O[C@H](COC(=O)CC(=O)O)[C@@H](O)[C@H](O)[C@H]4O)cc3O[C@H](Cc3ccccc3)[C@@H]21. The first-order valence-corrected chi connectivity index (χ1v) is 17.8. The highest BCUT2D eigenvalue weighted by atomic mass is 16.7. The molecule has 0 radical (unpaired) electrons. The quantitative estimate of drug-likeness (QED) is 0.0917. The van der Waals surface area contributed by atoms with Crippen LogP contribution in [0.1, 0.15) is 40.7 Å². The van der Waals surface area contributed by atoms with Gasteiger partial charge in [0.2, 0.25) is 12.0 Å². The van der Waals surface area contributed by atoms with Crippen molar-refractivity contribution in [2.24, 2.45) is 0 Å². The van der Waals surface area contributed by atoms with E-state index in [0.717, 1.165) is 33.2 Å². The second-order valence-corrected chi connectivity index (χ2v) is 13.8. The molecule has 8 atom stereocenters. The summed E-state index contributed by atoms with van der Waals surface area (Å²) >= 11 is 0. The van der Waals surface area contributed by atoms with Crippen molar-refractivity contribution in [3.05, 3.63) is 102 Å². The first kappa shape index (κ1) is 36.2. The van der Waals surface area contributed by atoms with Gasteiger partial charge in [0.25, 0.3) is 0 Å². The molecule has 1 saturated heterocycles. The highest BCUT2D eigenvalue weighted by molar-refractivity contribution is 5.90. The highest BCUT2D eigenvalue weighted by Gasteiger charge is 2.50. The predicted octanol–water partition coefficient (Wildman–Crippen LogP) is 3.46. The number of ether oxygens (including phenoxy) is 7. The summed E-state index contributed by atoms with van der Waals surface area (Å²) in [5, 5.41) is 42.3. The van der Waals surface area contributed by atoms with Gasteiger partial charge < -0.3 is 63.1 Å². The largest absolute Gasteiger partial charge is 0.493 e. The van der Waals surface area contributed by atoms with Crippen LogP contribution < -0.4 is 23.7 Å². The summed E-state index contributed by atoms with van der Waals surface area (Å²) in [5.41, 5.74) is 4.46. The number of methoxy groups -OCH3 is 2. The van der Waals surface area contributed by atoms with Crippen LogP contribution in [0.15, 0.2) is 79.3 Å². The maximum Gasteiger partial charge on any atom is 0.317 e. The average molecular weight is 757 g/mol. The molecule has 5 heterocycles. The molecule has 0 aliphatic carbocycles. The fraction of sp³-hybridized carbons (Fsp3) is 0.350. The number of aromatic nitrogens is 2. The second kappa shape index (κ2) is 14.8. The summed E-state index contributed by atoms with van der Waals surface area (Å²) in [6, 6.07) is 19.2. The van der Waals surface area contributed by atoms with Gasteiger partial charge in [-0.3, -0.25) is 9.59 Å². The molecule has 0 bridgehead atoms. The number of carboxylic acids is 1. The van der Waals surface area contributed by atoms with E-state index in [-0.39, 0.29) is 11.7 Å². The van der Waals surface area contributed by atoms with Crippen LogP contribution in [-0.2, 0) is 32.0 Å². The summed E-state index contributed by atoms with van der Waals surface area (Å²) in [5.74, 6) is -0.454. The van der Waals surface area contributed by atoms with Gasteiger partial charge in [-0.25, -0.2) is 0 Å². The van der Waals surface area contributed by atoms with Gasteiger partial charge in [-0.05, 0) is 29.3 Å². The number of carbonyl (C=O) groups excluding carboxylic acids is 1. The number of carbonyl (C=O) groups is 2. The smallest absolute Gasteiger partial charge is 0.317 e. The molecule has 3 aliphatic heterocycles. The minimum atomic E-state index is -1.74. The third-order valence-electron chi connectivity index (χ3n) is 10.3. The maximum atomic E-state index is 11.9. The topological polar surface area (TPSA) is 200 Å². The number of carboxylic acid groups (broad SMARTS) is 1. The van der Waals surface area contributed by atoms with Crippen LogP contribution in [-0.4, -0.2) is 99.6 Å². The fourth-order valence-electron chi connectivity index (χ4n) is 7.75. The molecule has 0 spiro atoms. The minimum Gasteiger partial charge on any atom is -0.493 e. The standard InChI is InChI=1S/C40H40N2O13/c1-49-26-9-8-24-33-27(12-20-6-4-3-5-7-20)53-28-14-23(52-40-36(48)35(47)34(46)29(54-40)19-51-31(45)15-30(43)44)13-22(17-42-16-21-10-11-41-25(21)18-42)32(28)39(33)55-37(24)38(26)50-2/h3-11,13-14,16,18,27,29,33-36,39-41,46-48H,12,15,17,19H2,1-2H3,(H,43,44)/t27-,29-,33-,34-,35+,36-,39+,40-/m1/s1. The van der Waals surface area contributed by atoms with Crippen LogP contribution >= 0.6 is 0 Å². The van der Waals surface area contributed by atoms with Gasteiger partial charge in [0.05, 0.1) is 25.7 Å². The lowest BCUT2D eigenvalue weighted by atomic mass is 9.80. The molecule has 3 aromatic carbocycles. The zero-order valence-electron chi connectivity index (χ0n) is 29.9. The second-order valence-electron chi connectivity index (χ2n) is 13.8. The molecule has 1 fully saturated rings. The molecule has 15 heteroatoms. The number of aliphatic hydroxyl groups excluding tert-OH is 3. The van der Waals surface area contributed by atoms with Crippen molar-refractivity contribution in [1.82, 2.24) is 9.55 Å². The van der Waals surface area contributed by atoms with Crippen LogP contribution in [0.4, 0.5) is 0 Å². The van der Waals surface area contributed by atoms with Gasteiger partial charge in [-0.2, -0.15) is 0 Å². The van der Waals surface area contributed by atoms with Crippen molar-refractivity contribution in [1.29, 1.82) is 0 Å². The van der Waals surface area contributed by atoms with Gasteiger partial charge in [-0.1, -0.05) is 36.4 Å². The Labute approximate surface area is 314 Å². The Morgan fingerprint density at radius 2 is 1.73 bits per heavy atom. The van der Waals surface area contributed by atoms with E-state index < -0.39 is 67.9 Å². The Morgan fingerprint density at radius 3 is 2.47 bits per heavy atom. The Hall–Kier alpha value is -5.74. The zero-order valence-corrected chi connectivity index (χ0v) is 29.9. The first-order valence-electron chi connectivity index (χ1n) is 17.8. The molecular formula is C40H40N2O13. The molecule has 8 rings (SSSR count). The lowest BCUT2D eigenvalue weighted by molar-refractivity contribution is -0.278. The number of esters is 1. The summed E-state index contributed by atoms with van der Waals surface area (Å²) in [7, 11) is 3.14. The number of rotatable bonds is 12. The van der Waals surface area contributed by atoms with Crippen molar-refractivity contribution < 1.29 is 63.2 Å². The minimum absolute atomic E-state index is 0.215. The fourth-order valence-corrected chi connectivity index (χ4v) is 7.75. The van der Waals surface area contributed by atoms with E-state index in [1.165, 1.54) is 0 Å². The third kappa shape index (κ3) is 6.91. The Balaban J connectivity index is 1.18. The Bertz CT molecular complexity index is 2170. The van der Waals surface area contributed by atoms with Crippen molar-refractivity contribution in [3.63, 3.8) is 0 Å². The number of aromatic amines is 1. The maximum absolute atomic E-state index is 11.9. The number of hydrogen-bond acceptors (Lipinski definition) is 12. The van der Waals surface area contributed by atoms with Crippen molar-refractivity contribution >= 4 is 22.8 Å². The third-order valence-corrected chi connectivity index (χ3v) is 10.3. The monoisotopic (exact) mass is 756 g/mol. The highest BCUT2D eigenvalue weighted by Crippen LogP contribution is 2.59. The van der Waals surface area contributed by atoms with Crippen LogP contribution in [0.25, 0.3) is 10.9 Å². The van der Waals surface area contributed by atoms with Crippen molar-refractivity contribution in [3.8, 4) is 28.7 Å². The van der Waals surface area contributed by atoms with Crippen molar-refractivity contribution in [2.75, 3.05) is 20.8 Å². The summed E-state index contributed by atoms with van der Waals surface area (Å²) < 4.78 is 44.3. The van der Waals surface area contributed by atoms with Crippen LogP contribution in [0.5, 0.6) is 28.7 Å². The number of hydrogen-bond donors (Lipinski definition) is 5.